The van der Waals surface area contributed by atoms with Gasteiger partial charge in [-0.3, -0.25) is 0 Å². The Bertz CT molecular complexity index is 1520. The van der Waals surface area contributed by atoms with E-state index in [4.69, 9.17) is 9.31 Å². The Morgan fingerprint density at radius 3 is 1.94 bits per heavy atom. The standard InChI is InChI=1S/C30H27BO2/c1-29(2)30(3,4)33-31(32-29)24-16-15-23-18-27(25-11-7-8-12-26(25)28(23)19-24)22-14-13-20-9-5-6-10-21(20)17-22/h5-19H,1-4H3. The number of fused-ring (bicyclic) bond motifs is 4. The van der Waals surface area contributed by atoms with Crippen molar-refractivity contribution < 1.29 is 9.31 Å². The van der Waals surface area contributed by atoms with Gasteiger partial charge in [-0.25, -0.2) is 0 Å². The molecule has 1 fully saturated rings. The zero-order chi connectivity index (χ0) is 22.8. The second-order valence-corrected chi connectivity index (χ2v) is 10.1. The fraction of sp³-hybridized carbons (Fsp3) is 0.200. The highest BCUT2D eigenvalue weighted by Gasteiger charge is 2.51. The summed E-state index contributed by atoms with van der Waals surface area (Å²) in [6.45, 7) is 8.39. The fourth-order valence-electron chi connectivity index (χ4n) is 4.84. The molecule has 33 heavy (non-hydrogen) atoms. The van der Waals surface area contributed by atoms with Crippen LogP contribution in [0.4, 0.5) is 0 Å². The highest BCUT2D eigenvalue weighted by atomic mass is 16.7. The van der Waals surface area contributed by atoms with Crippen LogP contribution in [0.3, 0.4) is 0 Å². The minimum absolute atomic E-state index is 0.353. The van der Waals surface area contributed by atoms with Crippen LogP contribution < -0.4 is 5.46 Å². The quantitative estimate of drug-likeness (QED) is 0.219. The summed E-state index contributed by atoms with van der Waals surface area (Å²) in [5.74, 6) is 0. The Morgan fingerprint density at radius 2 is 1.18 bits per heavy atom. The van der Waals surface area contributed by atoms with E-state index >= 15 is 0 Å². The van der Waals surface area contributed by atoms with Crippen molar-refractivity contribution in [2.24, 2.45) is 0 Å². The molecule has 1 saturated heterocycles. The maximum atomic E-state index is 6.32. The molecule has 5 aromatic carbocycles. The van der Waals surface area contributed by atoms with Crippen LogP contribution in [0.15, 0.2) is 91.0 Å². The van der Waals surface area contributed by atoms with Crippen LogP contribution in [-0.2, 0) is 9.31 Å². The Labute approximate surface area is 195 Å². The van der Waals surface area contributed by atoms with Crippen molar-refractivity contribution >= 4 is 44.9 Å². The summed E-state index contributed by atoms with van der Waals surface area (Å²) in [6, 6.07) is 32.8. The molecule has 0 amide bonds. The molecule has 0 unspecified atom stereocenters. The predicted octanol–water partition coefficient (Wildman–Crippen LogP) is 7.11. The van der Waals surface area contributed by atoms with Gasteiger partial charge in [-0.1, -0.05) is 78.9 Å². The van der Waals surface area contributed by atoms with Gasteiger partial charge >= 0.3 is 7.12 Å². The Hall–Kier alpha value is -3.14. The van der Waals surface area contributed by atoms with E-state index in [1.165, 1.54) is 43.4 Å². The highest BCUT2D eigenvalue weighted by molar-refractivity contribution is 6.62. The lowest BCUT2D eigenvalue weighted by molar-refractivity contribution is 0.00578. The third-order valence-electron chi connectivity index (χ3n) is 7.47. The third-order valence-corrected chi connectivity index (χ3v) is 7.47. The summed E-state index contributed by atoms with van der Waals surface area (Å²) >= 11 is 0. The summed E-state index contributed by atoms with van der Waals surface area (Å²) in [4.78, 5) is 0. The first-order valence-electron chi connectivity index (χ1n) is 11.6. The van der Waals surface area contributed by atoms with Gasteiger partial charge < -0.3 is 9.31 Å². The average Bonchev–Trinajstić information content (AvgIpc) is 3.04. The van der Waals surface area contributed by atoms with Crippen molar-refractivity contribution in [2.45, 2.75) is 38.9 Å². The van der Waals surface area contributed by atoms with E-state index in [1.807, 2.05) is 0 Å². The molecular weight excluding hydrogens is 403 g/mol. The molecule has 1 aliphatic heterocycles. The van der Waals surface area contributed by atoms with E-state index in [2.05, 4.69) is 119 Å². The minimum Gasteiger partial charge on any atom is -0.399 e. The van der Waals surface area contributed by atoms with Crippen molar-refractivity contribution in [1.29, 1.82) is 0 Å². The predicted molar refractivity (Wildman–Crippen MR) is 140 cm³/mol. The number of hydrogen-bond donors (Lipinski definition) is 0. The second-order valence-electron chi connectivity index (χ2n) is 10.1. The van der Waals surface area contributed by atoms with Gasteiger partial charge in [-0.2, -0.15) is 0 Å². The van der Waals surface area contributed by atoms with Gasteiger partial charge in [0.2, 0.25) is 0 Å². The maximum absolute atomic E-state index is 6.32. The summed E-state index contributed by atoms with van der Waals surface area (Å²) in [7, 11) is -0.363. The number of hydrogen-bond acceptors (Lipinski definition) is 2. The molecular formula is C30H27BO2. The molecule has 0 spiro atoms. The summed E-state index contributed by atoms with van der Waals surface area (Å²) in [6.07, 6.45) is 0. The van der Waals surface area contributed by atoms with Crippen LogP contribution in [-0.4, -0.2) is 18.3 Å². The molecule has 0 radical (unpaired) electrons. The molecule has 0 N–H and O–H groups in total. The number of benzene rings is 5. The summed E-state index contributed by atoms with van der Waals surface area (Å²) < 4.78 is 12.6. The topological polar surface area (TPSA) is 18.5 Å². The van der Waals surface area contributed by atoms with Crippen molar-refractivity contribution in [3.63, 3.8) is 0 Å². The van der Waals surface area contributed by atoms with Gasteiger partial charge in [0.1, 0.15) is 0 Å². The minimum atomic E-state index is -0.363. The Kier molecular flexibility index (Phi) is 4.45. The van der Waals surface area contributed by atoms with Crippen molar-refractivity contribution in [1.82, 2.24) is 0 Å². The molecule has 162 valence electrons. The summed E-state index contributed by atoms with van der Waals surface area (Å²) in [5.41, 5.74) is 2.85. The Morgan fingerprint density at radius 1 is 0.545 bits per heavy atom. The van der Waals surface area contributed by atoms with Gasteiger partial charge in [0.05, 0.1) is 11.2 Å². The van der Waals surface area contributed by atoms with E-state index in [9.17, 15) is 0 Å². The number of rotatable bonds is 2. The van der Waals surface area contributed by atoms with Crippen molar-refractivity contribution in [3.05, 3.63) is 91.0 Å². The first-order valence-corrected chi connectivity index (χ1v) is 11.6. The normalized spacial score (nSPS) is 17.3. The van der Waals surface area contributed by atoms with Crippen molar-refractivity contribution in [2.75, 3.05) is 0 Å². The van der Waals surface area contributed by atoms with Gasteiger partial charge in [0.25, 0.3) is 0 Å². The Balaban J connectivity index is 1.53. The average molecular weight is 430 g/mol. The first-order chi connectivity index (χ1) is 15.8. The van der Waals surface area contributed by atoms with Gasteiger partial charge in [-0.05, 0) is 88.7 Å². The lowest BCUT2D eigenvalue weighted by Crippen LogP contribution is -2.41. The first kappa shape index (κ1) is 20.5. The molecule has 1 aliphatic rings. The van der Waals surface area contributed by atoms with E-state index in [0.29, 0.717) is 0 Å². The molecule has 0 bridgehead atoms. The van der Waals surface area contributed by atoms with Crippen LogP contribution in [0, 0.1) is 0 Å². The van der Waals surface area contributed by atoms with E-state index < -0.39 is 0 Å². The van der Waals surface area contributed by atoms with E-state index in [1.54, 1.807) is 0 Å². The van der Waals surface area contributed by atoms with Crippen LogP contribution in [0.1, 0.15) is 27.7 Å². The highest BCUT2D eigenvalue weighted by Crippen LogP contribution is 2.38. The van der Waals surface area contributed by atoms with Crippen molar-refractivity contribution in [3.8, 4) is 11.1 Å². The second kappa shape index (κ2) is 7.18. The summed E-state index contributed by atoms with van der Waals surface area (Å²) in [5, 5.41) is 7.47. The third kappa shape index (κ3) is 3.27. The van der Waals surface area contributed by atoms with Crippen LogP contribution in [0.2, 0.25) is 0 Å². The lowest BCUT2D eigenvalue weighted by Gasteiger charge is -2.32. The SMILES string of the molecule is CC1(C)OB(c2ccc3cc(-c4ccc5ccccc5c4)c4ccccc4c3c2)OC1(C)C. The van der Waals surface area contributed by atoms with Gasteiger partial charge in [-0.15, -0.1) is 0 Å². The fourth-order valence-corrected chi connectivity index (χ4v) is 4.84. The largest absolute Gasteiger partial charge is 0.494 e. The molecule has 1 heterocycles. The zero-order valence-corrected chi connectivity index (χ0v) is 19.6. The van der Waals surface area contributed by atoms with Crippen LogP contribution in [0.25, 0.3) is 43.4 Å². The van der Waals surface area contributed by atoms with Gasteiger partial charge in [0, 0.05) is 0 Å². The van der Waals surface area contributed by atoms with E-state index in [-0.39, 0.29) is 18.3 Å². The molecule has 3 heteroatoms. The molecule has 6 rings (SSSR count). The monoisotopic (exact) mass is 430 g/mol. The lowest BCUT2D eigenvalue weighted by atomic mass is 9.77. The van der Waals surface area contributed by atoms with E-state index in [0.717, 1.165) is 5.46 Å². The molecule has 0 aliphatic carbocycles. The molecule has 2 nitrogen and oxygen atoms in total. The molecule has 0 aromatic heterocycles. The van der Waals surface area contributed by atoms with Gasteiger partial charge in [0.15, 0.2) is 0 Å². The molecule has 0 saturated carbocycles. The zero-order valence-electron chi connectivity index (χ0n) is 19.6. The maximum Gasteiger partial charge on any atom is 0.494 e. The molecule has 0 atom stereocenters. The van der Waals surface area contributed by atoms with Crippen LogP contribution in [0.5, 0.6) is 0 Å². The van der Waals surface area contributed by atoms with Crippen LogP contribution >= 0.6 is 0 Å². The smallest absolute Gasteiger partial charge is 0.399 e. The molecule has 5 aromatic rings.